The Hall–Kier alpha value is -1.18. The Bertz CT molecular complexity index is 622. The molecule has 1 aromatic carbocycles. The molecule has 1 atom stereocenters. The van der Waals surface area contributed by atoms with Gasteiger partial charge in [-0.3, -0.25) is 5.11 Å². The van der Waals surface area contributed by atoms with Crippen molar-refractivity contribution in [1.29, 1.82) is 0 Å². The molecular formula is C28H47O2. The van der Waals surface area contributed by atoms with Crippen LogP contribution in [0.15, 0.2) is 6.07 Å². The van der Waals surface area contributed by atoms with Gasteiger partial charge in [-0.2, -0.15) is 0 Å². The van der Waals surface area contributed by atoms with Crippen LogP contribution in [-0.2, 0) is 11.5 Å². The van der Waals surface area contributed by atoms with Crippen LogP contribution in [0.2, 0.25) is 0 Å². The summed E-state index contributed by atoms with van der Waals surface area (Å²) >= 11 is 0. The van der Waals surface area contributed by atoms with Gasteiger partial charge in [-0.15, -0.1) is 0 Å². The van der Waals surface area contributed by atoms with Crippen molar-refractivity contribution in [3.63, 3.8) is 0 Å². The fourth-order valence-electron chi connectivity index (χ4n) is 4.82. The van der Waals surface area contributed by atoms with Gasteiger partial charge in [0.15, 0.2) is 5.75 Å². The van der Waals surface area contributed by atoms with E-state index in [1.807, 2.05) is 13.8 Å². The van der Waals surface area contributed by atoms with Crippen LogP contribution in [0.5, 0.6) is 11.5 Å². The molecule has 1 radical (unpaired) electrons. The van der Waals surface area contributed by atoms with Crippen LogP contribution in [0.4, 0.5) is 0 Å². The first kappa shape index (κ1) is 25.1. The van der Waals surface area contributed by atoms with E-state index in [0.717, 1.165) is 41.7 Å². The largest absolute Gasteiger partial charge is 0.487 e. The average Bonchev–Trinajstić information content (AvgIpc) is 2.73. The standard InChI is InChI=1S/C28H47O2/c1-5-6-7-8-9-10-11-12-13-14-15-16-17-18-20-28(4)21-19-25-22-26(29)23(2)24(3)27(25)30-28/h22H,5-21H2,1-4H3. The van der Waals surface area contributed by atoms with Gasteiger partial charge in [0.05, 0.1) is 0 Å². The van der Waals surface area contributed by atoms with E-state index in [2.05, 4.69) is 13.8 Å². The minimum atomic E-state index is -0.0638. The van der Waals surface area contributed by atoms with Gasteiger partial charge in [-0.1, -0.05) is 90.4 Å². The number of rotatable bonds is 15. The summed E-state index contributed by atoms with van der Waals surface area (Å²) in [5.41, 5.74) is 2.94. The van der Waals surface area contributed by atoms with Crippen LogP contribution >= 0.6 is 0 Å². The zero-order chi connectivity index (χ0) is 21.8. The molecule has 0 saturated carbocycles. The maximum atomic E-state index is 12.0. The summed E-state index contributed by atoms with van der Waals surface area (Å²) in [4.78, 5) is 0. The molecule has 1 aliphatic heterocycles. The molecule has 0 spiro atoms. The highest BCUT2D eigenvalue weighted by molar-refractivity contribution is 5.53. The third kappa shape index (κ3) is 8.16. The lowest BCUT2D eigenvalue weighted by Crippen LogP contribution is -2.36. The Balaban J connectivity index is 1.52. The molecule has 171 valence electrons. The fourth-order valence-corrected chi connectivity index (χ4v) is 4.82. The van der Waals surface area contributed by atoms with E-state index >= 15 is 0 Å². The number of fused-ring (bicyclic) bond motifs is 1. The molecule has 0 amide bonds. The zero-order valence-corrected chi connectivity index (χ0v) is 20.4. The third-order valence-electron chi connectivity index (χ3n) is 7.20. The Labute approximate surface area is 186 Å². The van der Waals surface area contributed by atoms with Crippen molar-refractivity contribution in [3.8, 4) is 11.5 Å². The second kappa shape index (κ2) is 13.3. The van der Waals surface area contributed by atoms with Gasteiger partial charge >= 0.3 is 0 Å². The molecule has 2 rings (SSSR count). The first-order valence-electron chi connectivity index (χ1n) is 13.0. The number of hydrogen-bond donors (Lipinski definition) is 0. The Morgan fingerprint density at radius 2 is 1.30 bits per heavy atom. The molecule has 0 fully saturated rings. The van der Waals surface area contributed by atoms with E-state index in [1.165, 1.54) is 89.9 Å². The third-order valence-corrected chi connectivity index (χ3v) is 7.20. The Morgan fingerprint density at radius 1 is 0.800 bits per heavy atom. The number of aryl methyl sites for hydroxylation is 1. The molecule has 2 heteroatoms. The summed E-state index contributed by atoms with van der Waals surface area (Å²) in [7, 11) is 0. The lowest BCUT2D eigenvalue weighted by Gasteiger charge is -2.37. The van der Waals surface area contributed by atoms with Crippen LogP contribution < -0.4 is 4.74 Å². The van der Waals surface area contributed by atoms with Gasteiger partial charge in [0.25, 0.3) is 0 Å². The van der Waals surface area contributed by atoms with E-state index in [-0.39, 0.29) is 11.4 Å². The molecule has 0 aromatic heterocycles. The lowest BCUT2D eigenvalue weighted by molar-refractivity contribution is 0.0523. The normalized spacial score (nSPS) is 18.3. The summed E-state index contributed by atoms with van der Waals surface area (Å²) in [6.07, 6.45) is 22.7. The molecule has 0 saturated heterocycles. The van der Waals surface area contributed by atoms with Crippen LogP contribution in [0.3, 0.4) is 0 Å². The van der Waals surface area contributed by atoms with E-state index in [4.69, 9.17) is 4.74 Å². The van der Waals surface area contributed by atoms with Crippen LogP contribution in [0.25, 0.3) is 0 Å². The van der Waals surface area contributed by atoms with Gasteiger partial charge in [0.1, 0.15) is 11.4 Å². The topological polar surface area (TPSA) is 29.1 Å². The summed E-state index contributed by atoms with van der Waals surface area (Å²) in [6, 6.07) is 1.80. The highest BCUT2D eigenvalue weighted by Gasteiger charge is 2.32. The molecule has 1 heterocycles. The van der Waals surface area contributed by atoms with Crippen molar-refractivity contribution in [2.75, 3.05) is 0 Å². The Kier molecular flexibility index (Phi) is 11.1. The summed E-state index contributed by atoms with van der Waals surface area (Å²) in [6.45, 7) is 8.50. The molecule has 1 unspecified atom stereocenters. The summed E-state index contributed by atoms with van der Waals surface area (Å²) < 4.78 is 6.46. The average molecular weight is 416 g/mol. The van der Waals surface area contributed by atoms with Gasteiger partial charge < -0.3 is 4.74 Å². The maximum absolute atomic E-state index is 12.0. The smallest absolute Gasteiger partial charge is 0.182 e. The van der Waals surface area contributed by atoms with Crippen molar-refractivity contribution in [3.05, 3.63) is 22.8 Å². The highest BCUT2D eigenvalue weighted by Crippen LogP contribution is 2.42. The maximum Gasteiger partial charge on any atom is 0.182 e. The molecule has 0 N–H and O–H groups in total. The quantitative estimate of drug-likeness (QED) is 0.262. The van der Waals surface area contributed by atoms with Crippen molar-refractivity contribution in [1.82, 2.24) is 0 Å². The number of hydrogen-bond acceptors (Lipinski definition) is 1. The van der Waals surface area contributed by atoms with Gasteiger partial charge in [-0.05, 0) is 63.6 Å². The van der Waals surface area contributed by atoms with Crippen molar-refractivity contribution in [2.24, 2.45) is 0 Å². The minimum Gasteiger partial charge on any atom is -0.487 e. The second-order valence-electron chi connectivity index (χ2n) is 10.0. The van der Waals surface area contributed by atoms with Gasteiger partial charge in [0, 0.05) is 5.56 Å². The first-order valence-corrected chi connectivity index (χ1v) is 13.0. The van der Waals surface area contributed by atoms with E-state index in [1.54, 1.807) is 6.07 Å². The van der Waals surface area contributed by atoms with E-state index in [9.17, 15) is 5.11 Å². The number of benzene rings is 1. The zero-order valence-electron chi connectivity index (χ0n) is 20.4. The van der Waals surface area contributed by atoms with E-state index < -0.39 is 0 Å². The summed E-state index contributed by atoms with van der Waals surface area (Å²) in [5, 5.41) is 12.0. The molecule has 0 bridgehead atoms. The number of ether oxygens (including phenoxy) is 1. The van der Waals surface area contributed by atoms with Crippen LogP contribution in [0.1, 0.15) is 133 Å². The molecule has 1 aromatic rings. The minimum absolute atomic E-state index is 0.0638. The van der Waals surface area contributed by atoms with E-state index in [0.29, 0.717) is 0 Å². The lowest BCUT2D eigenvalue weighted by atomic mass is 9.86. The Morgan fingerprint density at radius 3 is 1.83 bits per heavy atom. The van der Waals surface area contributed by atoms with Crippen molar-refractivity contribution < 1.29 is 9.84 Å². The predicted octanol–water partition coefficient (Wildman–Crippen LogP) is 9.40. The predicted molar refractivity (Wildman–Crippen MR) is 128 cm³/mol. The van der Waals surface area contributed by atoms with Gasteiger partial charge in [0.2, 0.25) is 0 Å². The molecule has 0 aliphatic carbocycles. The molecule has 30 heavy (non-hydrogen) atoms. The summed E-state index contributed by atoms with van der Waals surface area (Å²) in [5.74, 6) is 1.15. The highest BCUT2D eigenvalue weighted by atomic mass is 16.5. The first-order chi connectivity index (χ1) is 14.5. The van der Waals surface area contributed by atoms with Gasteiger partial charge in [-0.25, -0.2) is 0 Å². The van der Waals surface area contributed by atoms with Crippen LogP contribution in [0, 0.1) is 13.8 Å². The van der Waals surface area contributed by atoms with Crippen LogP contribution in [-0.4, -0.2) is 5.60 Å². The number of unbranched alkanes of at least 4 members (excludes halogenated alkanes) is 13. The monoisotopic (exact) mass is 415 g/mol. The van der Waals surface area contributed by atoms with Crippen molar-refractivity contribution >= 4 is 0 Å². The molecule has 1 aliphatic rings. The molecular weight excluding hydrogens is 368 g/mol. The fraction of sp³-hybridized carbons (Fsp3) is 0.786. The van der Waals surface area contributed by atoms with Crippen molar-refractivity contribution in [2.45, 2.75) is 142 Å². The SMILES string of the molecule is CCCCCCCCCCCCCCCCC1(C)CCc2cc([O])c(C)c(C)c2O1. The second-order valence-corrected chi connectivity index (χ2v) is 10.0. The molecule has 2 nitrogen and oxygen atoms in total.